The average molecular weight is 303 g/mol. The van der Waals surface area contributed by atoms with E-state index >= 15 is 0 Å². The fourth-order valence-corrected chi connectivity index (χ4v) is 3.34. The molecule has 0 aromatic heterocycles. The molecule has 2 rings (SSSR count). The van der Waals surface area contributed by atoms with E-state index in [1.807, 2.05) is 0 Å². The lowest BCUT2D eigenvalue weighted by molar-refractivity contribution is -0.0836. The molecule has 1 aliphatic rings. The minimum atomic E-state index is -1.00. The third kappa shape index (κ3) is 3.63. The van der Waals surface area contributed by atoms with E-state index < -0.39 is 11.7 Å². The van der Waals surface area contributed by atoms with Gasteiger partial charge in [0.15, 0.2) is 0 Å². The van der Waals surface area contributed by atoms with Crippen molar-refractivity contribution in [2.75, 3.05) is 0 Å². The van der Waals surface area contributed by atoms with Gasteiger partial charge in [-0.15, -0.1) is 0 Å². The number of benzene rings is 1. The van der Waals surface area contributed by atoms with Crippen molar-refractivity contribution in [3.05, 3.63) is 33.8 Å². The standard InChI is InChI=1S/C15H20Cl2O2/c16-12-6-5-7-13(17)11(12)10-14(18)15(19)8-3-1-2-4-9-15/h5-7,14,18-19H,1-4,8-10H2. The number of hydrogen-bond acceptors (Lipinski definition) is 2. The summed E-state index contributed by atoms with van der Waals surface area (Å²) in [7, 11) is 0. The van der Waals surface area contributed by atoms with Crippen LogP contribution in [-0.2, 0) is 6.42 Å². The molecule has 106 valence electrons. The Morgan fingerprint density at radius 3 is 2.11 bits per heavy atom. The maximum absolute atomic E-state index is 10.6. The van der Waals surface area contributed by atoms with Gasteiger partial charge in [0, 0.05) is 16.5 Å². The van der Waals surface area contributed by atoms with E-state index in [1.54, 1.807) is 18.2 Å². The third-order valence-electron chi connectivity index (χ3n) is 4.05. The third-order valence-corrected chi connectivity index (χ3v) is 4.76. The van der Waals surface area contributed by atoms with Crippen LogP contribution in [0.3, 0.4) is 0 Å². The van der Waals surface area contributed by atoms with E-state index in [2.05, 4.69) is 0 Å². The van der Waals surface area contributed by atoms with Crippen molar-refractivity contribution in [3.63, 3.8) is 0 Å². The fraction of sp³-hybridized carbons (Fsp3) is 0.600. The first-order valence-electron chi connectivity index (χ1n) is 6.86. The van der Waals surface area contributed by atoms with Gasteiger partial charge in [0.05, 0.1) is 11.7 Å². The second kappa shape index (κ2) is 6.45. The normalized spacial score (nSPS) is 20.8. The van der Waals surface area contributed by atoms with Crippen molar-refractivity contribution in [1.82, 2.24) is 0 Å². The zero-order chi connectivity index (χ0) is 13.9. The van der Waals surface area contributed by atoms with Gasteiger partial charge in [0.2, 0.25) is 0 Å². The van der Waals surface area contributed by atoms with Crippen molar-refractivity contribution < 1.29 is 10.2 Å². The maximum atomic E-state index is 10.6. The molecule has 1 fully saturated rings. The Kier molecular flexibility index (Phi) is 5.13. The van der Waals surface area contributed by atoms with Crippen molar-refractivity contribution in [1.29, 1.82) is 0 Å². The van der Waals surface area contributed by atoms with E-state index in [0.717, 1.165) is 31.2 Å². The first-order valence-corrected chi connectivity index (χ1v) is 7.62. The lowest BCUT2D eigenvalue weighted by atomic mass is 9.85. The Morgan fingerprint density at radius 1 is 1.05 bits per heavy atom. The van der Waals surface area contributed by atoms with Crippen LogP contribution in [0.5, 0.6) is 0 Å². The van der Waals surface area contributed by atoms with E-state index in [9.17, 15) is 10.2 Å². The summed E-state index contributed by atoms with van der Waals surface area (Å²) in [5, 5.41) is 22.1. The molecule has 0 saturated heterocycles. The van der Waals surface area contributed by atoms with Gasteiger partial charge < -0.3 is 10.2 Å². The summed E-state index contributed by atoms with van der Waals surface area (Å²) in [5.74, 6) is 0. The van der Waals surface area contributed by atoms with Crippen LogP contribution in [-0.4, -0.2) is 21.9 Å². The molecule has 1 aromatic carbocycles. The molecule has 0 heterocycles. The fourth-order valence-electron chi connectivity index (χ4n) is 2.78. The summed E-state index contributed by atoms with van der Waals surface area (Å²) < 4.78 is 0. The first kappa shape index (κ1) is 15.1. The summed E-state index contributed by atoms with van der Waals surface area (Å²) >= 11 is 12.2. The molecular formula is C15H20Cl2O2. The van der Waals surface area contributed by atoms with Gasteiger partial charge in [0.25, 0.3) is 0 Å². The monoisotopic (exact) mass is 302 g/mol. The van der Waals surface area contributed by atoms with Crippen molar-refractivity contribution in [2.45, 2.75) is 56.7 Å². The summed E-state index contributed by atoms with van der Waals surface area (Å²) in [6, 6.07) is 5.29. The average Bonchev–Trinajstić information content (AvgIpc) is 2.60. The Balaban J connectivity index is 2.13. The number of aliphatic hydroxyl groups is 2. The number of halogens is 2. The Bertz CT molecular complexity index is 406. The van der Waals surface area contributed by atoms with Crippen LogP contribution in [0.15, 0.2) is 18.2 Å². The van der Waals surface area contributed by atoms with Gasteiger partial charge in [0.1, 0.15) is 0 Å². The minimum Gasteiger partial charge on any atom is -0.390 e. The molecule has 0 bridgehead atoms. The van der Waals surface area contributed by atoms with Crippen LogP contribution >= 0.6 is 23.2 Å². The number of hydrogen-bond donors (Lipinski definition) is 2. The molecule has 1 unspecified atom stereocenters. The highest BCUT2D eigenvalue weighted by Crippen LogP contribution is 2.34. The molecule has 19 heavy (non-hydrogen) atoms. The highest BCUT2D eigenvalue weighted by Gasteiger charge is 2.36. The Morgan fingerprint density at radius 2 is 1.58 bits per heavy atom. The van der Waals surface area contributed by atoms with Crippen LogP contribution < -0.4 is 0 Å². The SMILES string of the molecule is OC(Cc1c(Cl)cccc1Cl)C1(O)CCCCCC1. The zero-order valence-electron chi connectivity index (χ0n) is 10.9. The lowest BCUT2D eigenvalue weighted by Gasteiger charge is -2.32. The van der Waals surface area contributed by atoms with Crippen LogP contribution in [0.2, 0.25) is 10.0 Å². The van der Waals surface area contributed by atoms with Crippen LogP contribution in [0.4, 0.5) is 0 Å². The van der Waals surface area contributed by atoms with Gasteiger partial charge in [-0.05, 0) is 30.5 Å². The molecule has 1 aliphatic carbocycles. The van der Waals surface area contributed by atoms with Gasteiger partial charge in [-0.25, -0.2) is 0 Å². The number of rotatable bonds is 3. The Labute approximate surface area is 124 Å². The van der Waals surface area contributed by atoms with Gasteiger partial charge in [-0.3, -0.25) is 0 Å². The summed E-state index contributed by atoms with van der Waals surface area (Å²) in [6.07, 6.45) is 4.96. The second-order valence-corrected chi connectivity index (χ2v) is 6.25. The molecule has 0 spiro atoms. The van der Waals surface area contributed by atoms with E-state index in [4.69, 9.17) is 23.2 Å². The molecule has 2 nitrogen and oxygen atoms in total. The van der Waals surface area contributed by atoms with E-state index in [0.29, 0.717) is 29.3 Å². The molecule has 4 heteroatoms. The molecule has 1 saturated carbocycles. The van der Waals surface area contributed by atoms with Crippen molar-refractivity contribution in [3.8, 4) is 0 Å². The molecular weight excluding hydrogens is 283 g/mol. The first-order chi connectivity index (χ1) is 9.03. The van der Waals surface area contributed by atoms with Crippen LogP contribution in [0, 0.1) is 0 Å². The highest BCUT2D eigenvalue weighted by molar-refractivity contribution is 6.36. The van der Waals surface area contributed by atoms with E-state index in [1.165, 1.54) is 0 Å². The summed E-state index contributed by atoms with van der Waals surface area (Å²) in [4.78, 5) is 0. The highest BCUT2D eigenvalue weighted by atomic mass is 35.5. The predicted octanol–water partition coefficient (Wildman–Crippen LogP) is 3.98. The Hall–Kier alpha value is -0.280. The second-order valence-electron chi connectivity index (χ2n) is 5.44. The van der Waals surface area contributed by atoms with Gasteiger partial charge in [-0.2, -0.15) is 0 Å². The van der Waals surface area contributed by atoms with Crippen LogP contribution in [0.25, 0.3) is 0 Å². The molecule has 2 N–H and O–H groups in total. The molecule has 0 aliphatic heterocycles. The lowest BCUT2D eigenvalue weighted by Crippen LogP contribution is -2.43. The summed E-state index contributed by atoms with van der Waals surface area (Å²) in [6.45, 7) is 0. The van der Waals surface area contributed by atoms with Crippen molar-refractivity contribution in [2.24, 2.45) is 0 Å². The molecule has 1 atom stereocenters. The molecule has 0 amide bonds. The van der Waals surface area contributed by atoms with Crippen LogP contribution in [0.1, 0.15) is 44.1 Å². The van der Waals surface area contributed by atoms with Crippen molar-refractivity contribution >= 4 is 23.2 Å². The van der Waals surface area contributed by atoms with Gasteiger partial charge >= 0.3 is 0 Å². The summed E-state index contributed by atoms with van der Waals surface area (Å²) in [5.41, 5.74) is -0.282. The molecule has 1 aromatic rings. The topological polar surface area (TPSA) is 40.5 Å². The quantitative estimate of drug-likeness (QED) is 0.829. The van der Waals surface area contributed by atoms with E-state index in [-0.39, 0.29) is 0 Å². The smallest absolute Gasteiger partial charge is 0.0908 e. The largest absolute Gasteiger partial charge is 0.390 e. The zero-order valence-corrected chi connectivity index (χ0v) is 12.4. The molecule has 0 radical (unpaired) electrons. The van der Waals surface area contributed by atoms with Gasteiger partial charge in [-0.1, -0.05) is 55.0 Å². The predicted molar refractivity (Wildman–Crippen MR) is 78.8 cm³/mol. The number of aliphatic hydroxyl groups excluding tert-OH is 1. The minimum absolute atomic E-state index is 0.301. The maximum Gasteiger partial charge on any atom is 0.0908 e.